The summed E-state index contributed by atoms with van der Waals surface area (Å²) in [5.74, 6) is -0.779. The second kappa shape index (κ2) is 11.5. The van der Waals surface area contributed by atoms with Gasteiger partial charge in [-0.05, 0) is 23.3 Å². The van der Waals surface area contributed by atoms with Crippen LogP contribution in [0.15, 0.2) is 84.9 Å². The molecule has 3 aromatic carbocycles. The molecular formula is C27H30FN3O3S. The first-order valence-corrected chi connectivity index (χ1v) is 13.4. The molecule has 1 heterocycles. The third-order valence-corrected chi connectivity index (χ3v) is 8.17. The lowest BCUT2D eigenvalue weighted by Crippen LogP contribution is -2.50. The van der Waals surface area contributed by atoms with E-state index in [2.05, 4.69) is 5.32 Å². The van der Waals surface area contributed by atoms with Crippen LogP contribution in [0.2, 0.25) is 0 Å². The summed E-state index contributed by atoms with van der Waals surface area (Å²) in [6.45, 7) is 1.46. The summed E-state index contributed by atoms with van der Waals surface area (Å²) >= 11 is 0. The van der Waals surface area contributed by atoms with Crippen molar-refractivity contribution in [3.63, 3.8) is 0 Å². The second-order valence-electron chi connectivity index (χ2n) is 8.58. The molecule has 35 heavy (non-hydrogen) atoms. The van der Waals surface area contributed by atoms with Crippen molar-refractivity contribution in [1.29, 1.82) is 0 Å². The maximum absolute atomic E-state index is 14.0. The van der Waals surface area contributed by atoms with Gasteiger partial charge < -0.3 is 10.2 Å². The van der Waals surface area contributed by atoms with Crippen LogP contribution in [0.5, 0.6) is 0 Å². The van der Waals surface area contributed by atoms with Crippen LogP contribution in [-0.2, 0) is 14.8 Å². The molecule has 184 valence electrons. The molecule has 3 aromatic rings. The summed E-state index contributed by atoms with van der Waals surface area (Å²) in [5.41, 5.74) is 2.56. The van der Waals surface area contributed by atoms with Crippen molar-refractivity contribution in [2.24, 2.45) is 0 Å². The maximum atomic E-state index is 14.0. The molecule has 1 fully saturated rings. The number of halogens is 1. The van der Waals surface area contributed by atoms with Gasteiger partial charge in [-0.15, -0.1) is 0 Å². The molecule has 0 saturated carbocycles. The third kappa shape index (κ3) is 6.46. The van der Waals surface area contributed by atoms with Crippen molar-refractivity contribution < 1.29 is 17.6 Å². The average molecular weight is 496 g/mol. The number of amides is 1. The minimum absolute atomic E-state index is 0.0466. The first kappa shape index (κ1) is 24.9. The van der Waals surface area contributed by atoms with Gasteiger partial charge in [-0.25, -0.2) is 12.8 Å². The number of piperazine rings is 1. The monoisotopic (exact) mass is 495 g/mol. The average Bonchev–Trinajstić information content (AvgIpc) is 2.88. The fourth-order valence-electron chi connectivity index (χ4n) is 4.42. The van der Waals surface area contributed by atoms with Crippen LogP contribution in [0.3, 0.4) is 0 Å². The Balaban J connectivity index is 1.29. The molecule has 1 aliphatic heterocycles. The van der Waals surface area contributed by atoms with Crippen molar-refractivity contribution in [2.45, 2.75) is 12.3 Å². The van der Waals surface area contributed by atoms with Crippen LogP contribution in [0.25, 0.3) is 0 Å². The van der Waals surface area contributed by atoms with Gasteiger partial charge >= 0.3 is 0 Å². The van der Waals surface area contributed by atoms with Gasteiger partial charge in [0.1, 0.15) is 5.82 Å². The van der Waals surface area contributed by atoms with E-state index >= 15 is 0 Å². The molecule has 4 rings (SSSR count). The quantitative estimate of drug-likeness (QED) is 0.492. The molecule has 6 nitrogen and oxygen atoms in total. The molecule has 1 N–H and O–H groups in total. The maximum Gasteiger partial charge on any atom is 0.220 e. The Morgan fingerprint density at radius 1 is 0.829 bits per heavy atom. The van der Waals surface area contributed by atoms with E-state index in [0.717, 1.165) is 11.1 Å². The molecule has 0 aromatic heterocycles. The number of sulfonamides is 1. The number of rotatable bonds is 9. The highest BCUT2D eigenvalue weighted by Gasteiger charge is 2.28. The summed E-state index contributed by atoms with van der Waals surface area (Å²) in [4.78, 5) is 14.6. The molecule has 0 radical (unpaired) electrons. The number of carbonyl (C=O) groups excluding carboxylic acids is 1. The Bertz CT molecular complexity index is 1180. The SMILES string of the molecule is O=C(CC(c1ccccc1)c1ccccc1)NCCS(=O)(=O)N1CCN(c2ccccc2F)CC1. The Morgan fingerprint density at radius 2 is 1.37 bits per heavy atom. The van der Waals surface area contributed by atoms with Gasteiger partial charge in [0.25, 0.3) is 0 Å². The summed E-state index contributed by atoms with van der Waals surface area (Å²) in [7, 11) is -3.53. The standard InChI is InChI=1S/C27H30FN3O3S/c28-25-13-7-8-14-26(25)30-16-18-31(19-17-30)35(33,34)20-15-29-27(32)21-24(22-9-3-1-4-10-22)23-11-5-2-6-12-23/h1-14,24H,15-21H2,(H,29,32). The normalized spacial score (nSPS) is 14.7. The van der Waals surface area contributed by atoms with E-state index < -0.39 is 10.0 Å². The van der Waals surface area contributed by atoms with E-state index in [-0.39, 0.29) is 49.5 Å². The van der Waals surface area contributed by atoms with E-state index in [1.165, 1.54) is 10.4 Å². The van der Waals surface area contributed by atoms with Gasteiger partial charge in [-0.2, -0.15) is 4.31 Å². The largest absolute Gasteiger partial charge is 0.367 e. The summed E-state index contributed by atoms with van der Waals surface area (Å²) < 4.78 is 41.1. The fraction of sp³-hybridized carbons (Fsp3) is 0.296. The Hall–Kier alpha value is -3.23. The molecule has 1 amide bonds. The van der Waals surface area contributed by atoms with Gasteiger partial charge in [0.05, 0.1) is 11.4 Å². The molecule has 1 saturated heterocycles. The molecule has 0 atom stereocenters. The molecule has 0 spiro atoms. The zero-order valence-corrected chi connectivity index (χ0v) is 20.3. The van der Waals surface area contributed by atoms with Gasteiger partial charge in [0.2, 0.25) is 15.9 Å². The van der Waals surface area contributed by atoms with Crippen LogP contribution in [-0.4, -0.2) is 57.1 Å². The predicted octanol–water partition coefficient (Wildman–Crippen LogP) is 3.62. The molecule has 0 aliphatic carbocycles. The van der Waals surface area contributed by atoms with Crippen molar-refractivity contribution >= 4 is 21.6 Å². The number of carbonyl (C=O) groups is 1. The summed E-state index contributed by atoms with van der Waals surface area (Å²) in [6, 6.07) is 26.2. The molecule has 0 unspecified atom stereocenters. The number of hydrogen-bond acceptors (Lipinski definition) is 4. The number of nitrogens with zero attached hydrogens (tertiary/aromatic N) is 2. The highest BCUT2D eigenvalue weighted by atomic mass is 32.2. The number of benzene rings is 3. The van der Waals surface area contributed by atoms with Crippen LogP contribution >= 0.6 is 0 Å². The van der Waals surface area contributed by atoms with Gasteiger partial charge in [0.15, 0.2) is 0 Å². The van der Waals surface area contributed by atoms with Gasteiger partial charge in [-0.1, -0.05) is 72.8 Å². The first-order valence-electron chi connectivity index (χ1n) is 11.8. The van der Waals surface area contributed by atoms with Crippen LogP contribution < -0.4 is 10.2 Å². The molecular weight excluding hydrogens is 465 g/mol. The number of para-hydroxylation sites is 1. The summed E-state index contributed by atoms with van der Waals surface area (Å²) in [6.07, 6.45) is 0.232. The lowest BCUT2D eigenvalue weighted by molar-refractivity contribution is -0.121. The highest BCUT2D eigenvalue weighted by molar-refractivity contribution is 7.89. The lowest BCUT2D eigenvalue weighted by atomic mass is 9.88. The minimum atomic E-state index is -3.53. The first-order chi connectivity index (χ1) is 16.9. The zero-order chi connectivity index (χ0) is 24.7. The molecule has 8 heteroatoms. The van der Waals surface area contributed by atoms with E-state index in [0.29, 0.717) is 18.8 Å². The van der Waals surface area contributed by atoms with E-state index in [1.54, 1.807) is 18.2 Å². The van der Waals surface area contributed by atoms with Gasteiger partial charge in [-0.3, -0.25) is 4.79 Å². The van der Waals surface area contributed by atoms with Crippen molar-refractivity contribution in [1.82, 2.24) is 9.62 Å². The molecule has 0 bridgehead atoms. The van der Waals surface area contributed by atoms with E-state index in [9.17, 15) is 17.6 Å². The topological polar surface area (TPSA) is 69.7 Å². The summed E-state index contributed by atoms with van der Waals surface area (Å²) in [5, 5.41) is 2.79. The smallest absolute Gasteiger partial charge is 0.220 e. The van der Waals surface area contributed by atoms with Crippen molar-refractivity contribution in [3.8, 4) is 0 Å². The van der Waals surface area contributed by atoms with E-state index in [4.69, 9.17) is 0 Å². The van der Waals surface area contributed by atoms with Crippen molar-refractivity contribution in [3.05, 3.63) is 102 Å². The van der Waals surface area contributed by atoms with Crippen LogP contribution in [0, 0.1) is 5.82 Å². The number of hydrogen-bond donors (Lipinski definition) is 1. The van der Waals surface area contributed by atoms with Crippen LogP contribution in [0.4, 0.5) is 10.1 Å². The van der Waals surface area contributed by atoms with Crippen molar-refractivity contribution in [2.75, 3.05) is 43.4 Å². The minimum Gasteiger partial charge on any atom is -0.367 e. The zero-order valence-electron chi connectivity index (χ0n) is 19.5. The predicted molar refractivity (Wildman–Crippen MR) is 136 cm³/mol. The second-order valence-corrected chi connectivity index (χ2v) is 10.7. The third-order valence-electron chi connectivity index (χ3n) is 6.30. The van der Waals surface area contributed by atoms with Gasteiger partial charge in [0, 0.05) is 45.1 Å². The Morgan fingerprint density at radius 3 is 1.94 bits per heavy atom. The fourth-order valence-corrected chi connectivity index (χ4v) is 5.76. The lowest BCUT2D eigenvalue weighted by Gasteiger charge is -2.35. The highest BCUT2D eigenvalue weighted by Crippen LogP contribution is 2.27. The number of anilines is 1. The molecule has 1 aliphatic rings. The van der Waals surface area contributed by atoms with Crippen LogP contribution in [0.1, 0.15) is 23.5 Å². The Kier molecular flexibility index (Phi) is 8.15. The Labute approximate surface area is 206 Å². The van der Waals surface area contributed by atoms with E-state index in [1.807, 2.05) is 65.6 Å². The number of nitrogens with one attached hydrogen (secondary N) is 1.